The van der Waals surface area contributed by atoms with E-state index in [4.69, 9.17) is 10.2 Å². The quantitative estimate of drug-likeness (QED) is 0.457. The number of allylic oxidation sites excluding steroid dienone is 1. The van der Waals surface area contributed by atoms with Gasteiger partial charge in [0.1, 0.15) is 0 Å². The second-order valence-electron chi connectivity index (χ2n) is 2.31. The Morgan fingerprint density at radius 1 is 1.50 bits per heavy atom. The maximum absolute atomic E-state index is 8.98. The van der Waals surface area contributed by atoms with Crippen molar-refractivity contribution in [1.82, 2.24) is 0 Å². The molecule has 0 spiro atoms. The van der Waals surface area contributed by atoms with Gasteiger partial charge in [-0.2, -0.15) is 0 Å². The molecule has 10 heavy (non-hydrogen) atoms. The highest BCUT2D eigenvalue weighted by Gasteiger charge is 1.89. The van der Waals surface area contributed by atoms with Crippen LogP contribution in [0.5, 0.6) is 0 Å². The van der Waals surface area contributed by atoms with Crippen molar-refractivity contribution < 1.29 is 10.2 Å². The molecule has 0 unspecified atom stereocenters. The van der Waals surface area contributed by atoms with Crippen molar-refractivity contribution in [1.29, 1.82) is 0 Å². The second kappa shape index (κ2) is 6.62. The Kier molecular flexibility index (Phi) is 6.29. The molecule has 0 atom stereocenters. The number of hydrogen-bond donors (Lipinski definition) is 2. The molecule has 0 fully saturated rings. The standard InChI is InChI=1S/C8H16O2/c1-2-3-4-5-8(10)6-7-9/h5,9-10H,2-4,6-7H2,1H3. The zero-order chi connectivity index (χ0) is 7.82. The van der Waals surface area contributed by atoms with Crippen LogP contribution in [-0.4, -0.2) is 16.8 Å². The molecule has 0 saturated carbocycles. The zero-order valence-electron chi connectivity index (χ0n) is 6.51. The Bertz CT molecular complexity index is 97.4. The number of aliphatic hydroxyl groups is 2. The van der Waals surface area contributed by atoms with E-state index in [1.807, 2.05) is 0 Å². The van der Waals surface area contributed by atoms with Crippen LogP contribution in [0.15, 0.2) is 11.8 Å². The Hall–Kier alpha value is -0.500. The molecule has 0 aliphatic rings. The van der Waals surface area contributed by atoms with Crippen molar-refractivity contribution in [3.63, 3.8) is 0 Å². The Labute approximate surface area is 62.2 Å². The van der Waals surface area contributed by atoms with Gasteiger partial charge in [0.05, 0.1) is 12.4 Å². The van der Waals surface area contributed by atoms with Gasteiger partial charge in [-0.05, 0) is 18.9 Å². The number of hydrogen-bond acceptors (Lipinski definition) is 2. The minimum absolute atomic E-state index is 0.0362. The molecule has 0 heterocycles. The van der Waals surface area contributed by atoms with Crippen LogP contribution in [0.25, 0.3) is 0 Å². The van der Waals surface area contributed by atoms with Crippen LogP contribution in [0, 0.1) is 0 Å². The molecular formula is C8H16O2. The Morgan fingerprint density at radius 3 is 2.70 bits per heavy atom. The molecule has 0 amide bonds. The van der Waals surface area contributed by atoms with Gasteiger partial charge in [0.15, 0.2) is 0 Å². The van der Waals surface area contributed by atoms with E-state index in [1.54, 1.807) is 6.08 Å². The predicted molar refractivity (Wildman–Crippen MR) is 41.9 cm³/mol. The van der Waals surface area contributed by atoms with Crippen LogP contribution in [0.4, 0.5) is 0 Å². The average molecular weight is 144 g/mol. The molecule has 60 valence electrons. The smallest absolute Gasteiger partial charge is 0.0905 e. The van der Waals surface area contributed by atoms with Gasteiger partial charge < -0.3 is 10.2 Å². The SMILES string of the molecule is CCCCC=C(O)CCO. The number of rotatable bonds is 5. The molecule has 0 aromatic rings. The Morgan fingerprint density at radius 2 is 2.20 bits per heavy atom. The molecule has 0 aliphatic carbocycles. The summed E-state index contributed by atoms with van der Waals surface area (Å²) in [6.07, 6.45) is 5.34. The van der Waals surface area contributed by atoms with Gasteiger partial charge in [0.25, 0.3) is 0 Å². The molecule has 0 aliphatic heterocycles. The van der Waals surface area contributed by atoms with Crippen LogP contribution >= 0.6 is 0 Å². The third-order valence-corrected chi connectivity index (χ3v) is 1.31. The topological polar surface area (TPSA) is 40.5 Å². The fraction of sp³-hybridized carbons (Fsp3) is 0.750. The molecule has 0 saturated heterocycles. The van der Waals surface area contributed by atoms with Crippen molar-refractivity contribution in [3.8, 4) is 0 Å². The van der Waals surface area contributed by atoms with Gasteiger partial charge in [0.2, 0.25) is 0 Å². The summed E-state index contributed by atoms with van der Waals surface area (Å²) in [5.74, 6) is 0.316. The van der Waals surface area contributed by atoms with Crippen LogP contribution < -0.4 is 0 Å². The summed E-state index contributed by atoms with van der Waals surface area (Å²) >= 11 is 0. The van der Waals surface area contributed by atoms with Gasteiger partial charge in [-0.1, -0.05) is 13.3 Å². The number of aliphatic hydroxyl groups excluding tert-OH is 2. The fourth-order valence-electron chi connectivity index (χ4n) is 0.689. The van der Waals surface area contributed by atoms with E-state index in [-0.39, 0.29) is 6.61 Å². The van der Waals surface area contributed by atoms with E-state index < -0.39 is 0 Å². The van der Waals surface area contributed by atoms with Crippen molar-refractivity contribution in [3.05, 3.63) is 11.8 Å². The first-order valence-corrected chi connectivity index (χ1v) is 3.80. The maximum Gasteiger partial charge on any atom is 0.0905 e. The normalized spacial score (nSPS) is 12.0. The largest absolute Gasteiger partial charge is 0.513 e. The molecule has 0 radical (unpaired) electrons. The molecule has 2 N–H and O–H groups in total. The van der Waals surface area contributed by atoms with Crippen molar-refractivity contribution >= 4 is 0 Å². The molecular weight excluding hydrogens is 128 g/mol. The summed E-state index contributed by atoms with van der Waals surface area (Å²) in [6, 6.07) is 0. The molecule has 0 rings (SSSR count). The van der Waals surface area contributed by atoms with Crippen molar-refractivity contribution in [2.24, 2.45) is 0 Å². The highest BCUT2D eigenvalue weighted by atomic mass is 16.3. The zero-order valence-corrected chi connectivity index (χ0v) is 6.51. The van der Waals surface area contributed by atoms with Crippen LogP contribution in [0.1, 0.15) is 32.6 Å². The lowest BCUT2D eigenvalue weighted by Gasteiger charge is -1.94. The minimum Gasteiger partial charge on any atom is -0.513 e. The molecule has 2 heteroatoms. The van der Waals surface area contributed by atoms with E-state index in [9.17, 15) is 0 Å². The van der Waals surface area contributed by atoms with Crippen molar-refractivity contribution in [2.45, 2.75) is 32.6 Å². The van der Waals surface area contributed by atoms with E-state index in [2.05, 4.69) is 6.92 Å². The average Bonchev–Trinajstić information content (AvgIpc) is 1.89. The maximum atomic E-state index is 8.98. The van der Waals surface area contributed by atoms with Crippen LogP contribution in [-0.2, 0) is 0 Å². The van der Waals surface area contributed by atoms with Gasteiger partial charge >= 0.3 is 0 Å². The third-order valence-electron chi connectivity index (χ3n) is 1.31. The first-order chi connectivity index (χ1) is 4.81. The molecule has 0 bridgehead atoms. The van der Waals surface area contributed by atoms with E-state index in [1.165, 1.54) is 0 Å². The van der Waals surface area contributed by atoms with E-state index in [0.29, 0.717) is 12.2 Å². The molecule has 0 aromatic carbocycles. The van der Waals surface area contributed by atoms with Gasteiger partial charge in [-0.15, -0.1) is 0 Å². The second-order valence-corrected chi connectivity index (χ2v) is 2.31. The summed E-state index contributed by atoms with van der Waals surface area (Å²) in [6.45, 7) is 2.14. The van der Waals surface area contributed by atoms with E-state index >= 15 is 0 Å². The summed E-state index contributed by atoms with van der Waals surface area (Å²) in [7, 11) is 0. The fourth-order valence-corrected chi connectivity index (χ4v) is 0.689. The summed E-state index contributed by atoms with van der Waals surface area (Å²) < 4.78 is 0. The number of unbranched alkanes of at least 4 members (excludes halogenated alkanes) is 2. The van der Waals surface area contributed by atoms with Gasteiger partial charge in [0, 0.05) is 6.42 Å². The summed E-state index contributed by atoms with van der Waals surface area (Å²) in [5, 5.41) is 17.4. The molecule has 0 aromatic heterocycles. The lowest BCUT2D eigenvalue weighted by Crippen LogP contribution is -1.86. The van der Waals surface area contributed by atoms with E-state index in [0.717, 1.165) is 19.3 Å². The van der Waals surface area contributed by atoms with Crippen LogP contribution in [0.3, 0.4) is 0 Å². The monoisotopic (exact) mass is 144 g/mol. The highest BCUT2D eigenvalue weighted by Crippen LogP contribution is 2.01. The van der Waals surface area contributed by atoms with Gasteiger partial charge in [-0.25, -0.2) is 0 Å². The summed E-state index contributed by atoms with van der Waals surface area (Å²) in [5.41, 5.74) is 0. The van der Waals surface area contributed by atoms with Crippen molar-refractivity contribution in [2.75, 3.05) is 6.61 Å². The van der Waals surface area contributed by atoms with Crippen LogP contribution in [0.2, 0.25) is 0 Å². The first kappa shape index (κ1) is 9.50. The summed E-state index contributed by atoms with van der Waals surface area (Å²) in [4.78, 5) is 0. The molecule has 2 nitrogen and oxygen atoms in total. The highest BCUT2D eigenvalue weighted by molar-refractivity contribution is 4.89. The lowest BCUT2D eigenvalue weighted by atomic mass is 10.2. The van der Waals surface area contributed by atoms with Gasteiger partial charge in [-0.3, -0.25) is 0 Å². The first-order valence-electron chi connectivity index (χ1n) is 3.80. The minimum atomic E-state index is 0.0362. The third kappa shape index (κ3) is 5.63. The predicted octanol–water partition coefficient (Wildman–Crippen LogP) is 2.00. The lowest BCUT2D eigenvalue weighted by molar-refractivity contribution is 0.267. The Balaban J connectivity index is 3.28.